The predicted octanol–water partition coefficient (Wildman–Crippen LogP) is 0.438. The van der Waals surface area contributed by atoms with E-state index in [1.807, 2.05) is 6.92 Å². The minimum absolute atomic E-state index is 0.210. The summed E-state index contributed by atoms with van der Waals surface area (Å²) < 4.78 is 22.6. The Morgan fingerprint density at radius 2 is 2.13 bits per heavy atom. The van der Waals surface area contributed by atoms with Gasteiger partial charge in [-0.2, -0.15) is 0 Å². The van der Waals surface area contributed by atoms with Gasteiger partial charge in [-0.1, -0.05) is 6.92 Å². The van der Waals surface area contributed by atoms with E-state index in [0.29, 0.717) is 12.1 Å². The zero-order valence-corrected chi connectivity index (χ0v) is 9.76. The lowest BCUT2D eigenvalue weighted by Crippen LogP contribution is -2.18. The van der Waals surface area contributed by atoms with E-state index >= 15 is 0 Å². The van der Waals surface area contributed by atoms with Crippen LogP contribution >= 0.6 is 0 Å². The maximum atomic E-state index is 11.3. The van der Waals surface area contributed by atoms with Gasteiger partial charge < -0.3 is 4.98 Å². The molecule has 0 saturated carbocycles. The van der Waals surface area contributed by atoms with Crippen molar-refractivity contribution >= 4 is 9.84 Å². The van der Waals surface area contributed by atoms with Crippen molar-refractivity contribution in [2.75, 3.05) is 6.26 Å². The Kier molecular flexibility index (Phi) is 3.28. The van der Waals surface area contributed by atoms with Gasteiger partial charge in [-0.25, -0.2) is 13.4 Å². The summed E-state index contributed by atoms with van der Waals surface area (Å²) in [5.41, 5.74) is 0.289. The normalized spacial score (nSPS) is 13.8. The summed E-state index contributed by atoms with van der Waals surface area (Å²) in [6.45, 7) is 3.36. The fraction of sp³-hybridized carbons (Fsp3) is 0.556. The van der Waals surface area contributed by atoms with E-state index in [-0.39, 0.29) is 11.4 Å². The Labute approximate surface area is 88.5 Å². The van der Waals surface area contributed by atoms with Crippen LogP contribution in [0.15, 0.2) is 10.9 Å². The molecule has 0 aliphatic heterocycles. The quantitative estimate of drug-likeness (QED) is 0.817. The summed E-state index contributed by atoms with van der Waals surface area (Å²) in [6, 6.07) is 1.37. The van der Waals surface area contributed by atoms with Gasteiger partial charge in [0.2, 0.25) is 0 Å². The van der Waals surface area contributed by atoms with Crippen molar-refractivity contribution in [1.82, 2.24) is 9.97 Å². The van der Waals surface area contributed by atoms with Crippen molar-refractivity contribution < 1.29 is 8.42 Å². The molecule has 0 amide bonds. The van der Waals surface area contributed by atoms with Crippen LogP contribution in [0, 0.1) is 0 Å². The molecular formula is C9H14N2O3S. The molecule has 1 rings (SSSR count). The average molecular weight is 230 g/mol. The molecule has 0 aliphatic carbocycles. The number of nitrogens with zero attached hydrogens (tertiary/aromatic N) is 1. The van der Waals surface area contributed by atoms with Gasteiger partial charge in [0, 0.05) is 18.0 Å². The predicted molar refractivity (Wildman–Crippen MR) is 57.5 cm³/mol. The lowest BCUT2D eigenvalue weighted by Gasteiger charge is -2.08. The van der Waals surface area contributed by atoms with E-state index in [2.05, 4.69) is 9.97 Å². The summed E-state index contributed by atoms with van der Waals surface area (Å²) in [5.74, 6) is 0.210. The van der Waals surface area contributed by atoms with Crippen LogP contribution in [-0.2, 0) is 16.3 Å². The summed E-state index contributed by atoms with van der Waals surface area (Å²) >= 11 is 0. The molecule has 1 aromatic rings. The van der Waals surface area contributed by atoms with Crippen LogP contribution in [-0.4, -0.2) is 24.6 Å². The molecule has 0 fully saturated rings. The third kappa shape index (κ3) is 2.89. The van der Waals surface area contributed by atoms with E-state index in [1.165, 1.54) is 13.0 Å². The third-order valence-electron chi connectivity index (χ3n) is 2.20. The highest BCUT2D eigenvalue weighted by molar-refractivity contribution is 7.90. The Morgan fingerprint density at radius 1 is 1.53 bits per heavy atom. The van der Waals surface area contributed by atoms with Crippen molar-refractivity contribution in [2.45, 2.75) is 25.5 Å². The first kappa shape index (κ1) is 11.9. The van der Waals surface area contributed by atoms with E-state index < -0.39 is 15.1 Å². The van der Waals surface area contributed by atoms with Gasteiger partial charge >= 0.3 is 0 Å². The minimum atomic E-state index is -3.23. The van der Waals surface area contributed by atoms with Gasteiger partial charge in [0.15, 0.2) is 9.84 Å². The van der Waals surface area contributed by atoms with Crippen LogP contribution < -0.4 is 5.56 Å². The van der Waals surface area contributed by atoms with Gasteiger partial charge in [0.25, 0.3) is 5.56 Å². The largest absolute Gasteiger partial charge is 0.309 e. The molecule has 0 aliphatic rings. The molecule has 0 saturated heterocycles. The van der Waals surface area contributed by atoms with Crippen LogP contribution in [0.4, 0.5) is 0 Å². The van der Waals surface area contributed by atoms with Gasteiger partial charge in [0.1, 0.15) is 11.1 Å². The highest BCUT2D eigenvalue weighted by atomic mass is 32.2. The number of aromatic amines is 1. The second kappa shape index (κ2) is 4.14. The second-order valence-electron chi connectivity index (χ2n) is 3.45. The summed E-state index contributed by atoms with van der Waals surface area (Å²) in [6.07, 6.45) is 1.73. The molecular weight excluding hydrogens is 216 g/mol. The fourth-order valence-electron chi connectivity index (χ4n) is 1.11. The van der Waals surface area contributed by atoms with Crippen LogP contribution in [0.1, 0.15) is 30.6 Å². The van der Waals surface area contributed by atoms with E-state index in [0.717, 1.165) is 6.26 Å². The summed E-state index contributed by atoms with van der Waals surface area (Å²) in [7, 11) is -3.23. The smallest absolute Gasteiger partial charge is 0.251 e. The van der Waals surface area contributed by atoms with Crippen molar-refractivity contribution in [2.24, 2.45) is 0 Å². The van der Waals surface area contributed by atoms with Crippen molar-refractivity contribution in [3.05, 3.63) is 27.9 Å². The molecule has 1 heterocycles. The molecule has 0 radical (unpaired) electrons. The van der Waals surface area contributed by atoms with Crippen molar-refractivity contribution in [3.8, 4) is 0 Å². The second-order valence-corrected chi connectivity index (χ2v) is 5.81. The standard InChI is InChI=1S/C9H14N2O3S/c1-4-7-5-8(12)11-9(10-7)6(2)15(3,13)14/h5-6H,4H2,1-3H3,(H,10,11,12). The van der Waals surface area contributed by atoms with Crippen LogP contribution in [0.5, 0.6) is 0 Å². The first-order valence-corrected chi connectivity index (χ1v) is 6.59. The van der Waals surface area contributed by atoms with Gasteiger partial charge in [-0.3, -0.25) is 4.79 Å². The number of hydrogen-bond donors (Lipinski definition) is 1. The Balaban J connectivity index is 3.27. The van der Waals surface area contributed by atoms with Crippen LogP contribution in [0.25, 0.3) is 0 Å². The average Bonchev–Trinajstić information content (AvgIpc) is 2.14. The highest BCUT2D eigenvalue weighted by Gasteiger charge is 2.19. The molecule has 1 N–H and O–H groups in total. The molecule has 0 spiro atoms. The minimum Gasteiger partial charge on any atom is -0.309 e. The monoisotopic (exact) mass is 230 g/mol. The molecule has 1 aromatic heterocycles. The Morgan fingerprint density at radius 3 is 2.60 bits per heavy atom. The first-order chi connectivity index (χ1) is 6.84. The Bertz CT molecular complexity index is 504. The molecule has 1 unspecified atom stereocenters. The number of hydrogen-bond acceptors (Lipinski definition) is 4. The molecule has 0 aromatic carbocycles. The molecule has 84 valence electrons. The maximum absolute atomic E-state index is 11.3. The van der Waals surface area contributed by atoms with Crippen LogP contribution in [0.2, 0.25) is 0 Å². The topological polar surface area (TPSA) is 79.9 Å². The molecule has 6 heteroatoms. The molecule has 15 heavy (non-hydrogen) atoms. The van der Waals surface area contributed by atoms with Gasteiger partial charge in [0.05, 0.1) is 0 Å². The number of nitrogens with one attached hydrogen (secondary N) is 1. The van der Waals surface area contributed by atoms with Crippen molar-refractivity contribution in [3.63, 3.8) is 0 Å². The number of rotatable bonds is 3. The van der Waals surface area contributed by atoms with Gasteiger partial charge in [-0.15, -0.1) is 0 Å². The van der Waals surface area contributed by atoms with Crippen LogP contribution in [0.3, 0.4) is 0 Å². The molecule has 5 nitrogen and oxygen atoms in total. The maximum Gasteiger partial charge on any atom is 0.251 e. The summed E-state index contributed by atoms with van der Waals surface area (Å²) in [4.78, 5) is 17.7. The zero-order chi connectivity index (χ0) is 11.6. The highest BCUT2D eigenvalue weighted by Crippen LogP contribution is 2.15. The van der Waals surface area contributed by atoms with E-state index in [4.69, 9.17) is 0 Å². The molecule has 0 bridgehead atoms. The van der Waals surface area contributed by atoms with E-state index in [1.54, 1.807) is 0 Å². The van der Waals surface area contributed by atoms with Gasteiger partial charge in [-0.05, 0) is 13.3 Å². The fourth-order valence-corrected chi connectivity index (χ4v) is 1.62. The SMILES string of the molecule is CCc1cc(=O)[nH]c(C(C)S(C)(=O)=O)n1. The number of aryl methyl sites for hydroxylation is 1. The summed E-state index contributed by atoms with van der Waals surface area (Å²) in [5, 5.41) is -0.781. The Hall–Kier alpha value is -1.17. The lowest BCUT2D eigenvalue weighted by atomic mass is 10.3. The third-order valence-corrected chi connectivity index (χ3v) is 3.71. The number of aromatic nitrogens is 2. The van der Waals surface area contributed by atoms with Crippen molar-refractivity contribution in [1.29, 1.82) is 0 Å². The zero-order valence-electron chi connectivity index (χ0n) is 8.94. The van der Waals surface area contributed by atoms with E-state index in [9.17, 15) is 13.2 Å². The number of H-pyrrole nitrogens is 1. The first-order valence-electron chi connectivity index (χ1n) is 4.63. The molecule has 1 atom stereocenters. The number of sulfone groups is 1. The lowest BCUT2D eigenvalue weighted by molar-refractivity contribution is 0.588.